The SMILES string of the molecule is Nc1ccc(C(=O)O)cc1Nc1cncnc1. The maximum absolute atomic E-state index is 10.8. The molecule has 1 heterocycles. The molecule has 0 spiro atoms. The van der Waals surface area contributed by atoms with Crippen LogP contribution < -0.4 is 11.1 Å². The normalized spacial score (nSPS) is 9.88. The van der Waals surface area contributed by atoms with Crippen molar-refractivity contribution < 1.29 is 9.90 Å². The molecule has 1 aromatic carbocycles. The molecule has 17 heavy (non-hydrogen) atoms. The summed E-state index contributed by atoms with van der Waals surface area (Å²) in [5, 5.41) is 11.8. The summed E-state index contributed by atoms with van der Waals surface area (Å²) in [5.41, 5.74) is 7.52. The van der Waals surface area contributed by atoms with Crippen LogP contribution in [0, 0.1) is 0 Å². The second-order valence-corrected chi connectivity index (χ2v) is 3.36. The first-order chi connectivity index (χ1) is 8.16. The van der Waals surface area contributed by atoms with Gasteiger partial charge in [-0.15, -0.1) is 0 Å². The summed E-state index contributed by atoms with van der Waals surface area (Å²) >= 11 is 0. The zero-order chi connectivity index (χ0) is 12.3. The van der Waals surface area contributed by atoms with E-state index in [1.165, 1.54) is 24.5 Å². The molecular formula is C11H10N4O2. The van der Waals surface area contributed by atoms with Crippen molar-refractivity contribution in [2.75, 3.05) is 11.1 Å². The quantitative estimate of drug-likeness (QED) is 0.691. The molecule has 1 aromatic heterocycles. The summed E-state index contributed by atoms with van der Waals surface area (Å²) < 4.78 is 0. The van der Waals surface area contributed by atoms with Crippen molar-refractivity contribution in [1.82, 2.24) is 9.97 Å². The van der Waals surface area contributed by atoms with Crippen LogP contribution in [0.15, 0.2) is 36.9 Å². The molecule has 6 heteroatoms. The van der Waals surface area contributed by atoms with Crippen molar-refractivity contribution >= 4 is 23.0 Å². The summed E-state index contributed by atoms with van der Waals surface area (Å²) in [4.78, 5) is 18.5. The molecule has 0 atom stereocenters. The van der Waals surface area contributed by atoms with Crippen LogP contribution in [0.25, 0.3) is 0 Å². The van der Waals surface area contributed by atoms with E-state index in [1.807, 2.05) is 0 Å². The van der Waals surface area contributed by atoms with E-state index in [0.717, 1.165) is 0 Å². The van der Waals surface area contributed by atoms with Gasteiger partial charge in [-0.3, -0.25) is 0 Å². The van der Waals surface area contributed by atoms with E-state index in [4.69, 9.17) is 10.8 Å². The topological polar surface area (TPSA) is 101 Å². The minimum atomic E-state index is -1.00. The lowest BCUT2D eigenvalue weighted by Crippen LogP contribution is -2.01. The Bertz CT molecular complexity index is 542. The number of rotatable bonds is 3. The highest BCUT2D eigenvalue weighted by Gasteiger charge is 2.06. The highest BCUT2D eigenvalue weighted by atomic mass is 16.4. The lowest BCUT2D eigenvalue weighted by atomic mass is 10.1. The number of carbonyl (C=O) groups is 1. The number of aromatic nitrogens is 2. The molecular weight excluding hydrogens is 220 g/mol. The molecule has 0 unspecified atom stereocenters. The van der Waals surface area contributed by atoms with Crippen LogP contribution in [0.3, 0.4) is 0 Å². The average molecular weight is 230 g/mol. The molecule has 2 aromatic rings. The van der Waals surface area contributed by atoms with Crippen LogP contribution in [-0.2, 0) is 0 Å². The third kappa shape index (κ3) is 2.49. The number of hydrogen-bond donors (Lipinski definition) is 3. The number of aromatic carboxylic acids is 1. The van der Waals surface area contributed by atoms with Crippen molar-refractivity contribution in [2.45, 2.75) is 0 Å². The summed E-state index contributed by atoms with van der Waals surface area (Å²) in [7, 11) is 0. The second-order valence-electron chi connectivity index (χ2n) is 3.36. The van der Waals surface area contributed by atoms with Gasteiger partial charge in [-0.1, -0.05) is 0 Å². The highest BCUT2D eigenvalue weighted by Crippen LogP contribution is 2.23. The lowest BCUT2D eigenvalue weighted by molar-refractivity contribution is 0.0697. The van der Waals surface area contributed by atoms with Gasteiger partial charge in [0.25, 0.3) is 0 Å². The van der Waals surface area contributed by atoms with Gasteiger partial charge in [-0.2, -0.15) is 0 Å². The molecule has 0 aliphatic carbocycles. The average Bonchev–Trinajstić information content (AvgIpc) is 2.33. The molecule has 0 fully saturated rings. The number of nitrogen functional groups attached to an aromatic ring is 1. The van der Waals surface area contributed by atoms with E-state index < -0.39 is 5.97 Å². The van der Waals surface area contributed by atoms with E-state index >= 15 is 0 Å². The van der Waals surface area contributed by atoms with Gasteiger partial charge in [-0.25, -0.2) is 14.8 Å². The van der Waals surface area contributed by atoms with Gasteiger partial charge in [0.15, 0.2) is 0 Å². The number of carboxylic acids is 1. The van der Waals surface area contributed by atoms with Crippen molar-refractivity contribution in [3.8, 4) is 0 Å². The predicted molar refractivity (Wildman–Crippen MR) is 63.1 cm³/mol. The number of anilines is 3. The third-order valence-electron chi connectivity index (χ3n) is 2.14. The number of nitrogens with two attached hydrogens (primary N) is 1. The van der Waals surface area contributed by atoms with Crippen molar-refractivity contribution in [2.24, 2.45) is 0 Å². The number of carboxylic acid groups (broad SMARTS) is 1. The van der Waals surface area contributed by atoms with Gasteiger partial charge >= 0.3 is 5.97 Å². The molecule has 0 bridgehead atoms. The first-order valence-corrected chi connectivity index (χ1v) is 4.81. The van der Waals surface area contributed by atoms with Crippen LogP contribution in [0.2, 0.25) is 0 Å². The van der Waals surface area contributed by atoms with Gasteiger partial charge < -0.3 is 16.2 Å². The van der Waals surface area contributed by atoms with Gasteiger partial charge in [0, 0.05) is 0 Å². The van der Waals surface area contributed by atoms with E-state index in [2.05, 4.69) is 15.3 Å². The Labute approximate surface area is 97.1 Å². The van der Waals surface area contributed by atoms with Crippen molar-refractivity contribution in [3.05, 3.63) is 42.5 Å². The molecule has 6 nitrogen and oxygen atoms in total. The van der Waals surface area contributed by atoms with Crippen molar-refractivity contribution in [3.63, 3.8) is 0 Å². The Hall–Kier alpha value is -2.63. The molecule has 0 amide bonds. The summed E-state index contributed by atoms with van der Waals surface area (Å²) in [5.74, 6) is -1.00. The smallest absolute Gasteiger partial charge is 0.335 e. The van der Waals surface area contributed by atoms with Crippen LogP contribution in [0.4, 0.5) is 17.1 Å². The van der Waals surface area contributed by atoms with Gasteiger partial charge in [0.05, 0.1) is 35.0 Å². The van der Waals surface area contributed by atoms with Crippen LogP contribution in [0.5, 0.6) is 0 Å². The minimum Gasteiger partial charge on any atom is -0.478 e. The Balaban J connectivity index is 2.32. The van der Waals surface area contributed by atoms with E-state index in [-0.39, 0.29) is 5.56 Å². The lowest BCUT2D eigenvalue weighted by Gasteiger charge is -2.09. The zero-order valence-electron chi connectivity index (χ0n) is 8.79. The van der Waals surface area contributed by atoms with E-state index in [0.29, 0.717) is 17.1 Å². The number of nitrogens with zero attached hydrogens (tertiary/aromatic N) is 2. The Morgan fingerprint density at radius 1 is 1.29 bits per heavy atom. The van der Waals surface area contributed by atoms with Crippen LogP contribution >= 0.6 is 0 Å². The van der Waals surface area contributed by atoms with Crippen LogP contribution in [-0.4, -0.2) is 21.0 Å². The molecule has 0 aliphatic heterocycles. The fourth-order valence-corrected chi connectivity index (χ4v) is 1.32. The molecule has 2 rings (SSSR count). The standard InChI is InChI=1S/C11H10N4O2/c12-9-2-1-7(11(16)17)3-10(9)15-8-4-13-6-14-5-8/h1-6,15H,12H2,(H,16,17). The first kappa shape index (κ1) is 10.9. The van der Waals surface area contributed by atoms with Crippen molar-refractivity contribution in [1.29, 1.82) is 0 Å². The minimum absolute atomic E-state index is 0.165. The number of nitrogens with one attached hydrogen (secondary N) is 1. The second kappa shape index (κ2) is 4.48. The molecule has 0 aliphatic rings. The first-order valence-electron chi connectivity index (χ1n) is 4.81. The Morgan fingerprint density at radius 2 is 2.00 bits per heavy atom. The van der Waals surface area contributed by atoms with Gasteiger partial charge in [0.1, 0.15) is 6.33 Å². The van der Waals surface area contributed by atoms with Gasteiger partial charge in [0.2, 0.25) is 0 Å². The maximum Gasteiger partial charge on any atom is 0.335 e. The Kier molecular flexibility index (Phi) is 2.87. The summed E-state index contributed by atoms with van der Waals surface area (Å²) in [6, 6.07) is 4.45. The fraction of sp³-hybridized carbons (Fsp3) is 0. The highest BCUT2D eigenvalue weighted by molar-refractivity contribution is 5.91. The zero-order valence-corrected chi connectivity index (χ0v) is 8.79. The number of benzene rings is 1. The fourth-order valence-electron chi connectivity index (χ4n) is 1.32. The van der Waals surface area contributed by atoms with E-state index in [9.17, 15) is 4.79 Å². The maximum atomic E-state index is 10.8. The summed E-state index contributed by atoms with van der Waals surface area (Å²) in [6.45, 7) is 0. The number of hydrogen-bond acceptors (Lipinski definition) is 5. The molecule has 86 valence electrons. The molecule has 0 radical (unpaired) electrons. The largest absolute Gasteiger partial charge is 0.478 e. The van der Waals surface area contributed by atoms with E-state index in [1.54, 1.807) is 12.4 Å². The predicted octanol–water partition coefficient (Wildman–Crippen LogP) is 1.50. The molecule has 4 N–H and O–H groups in total. The third-order valence-corrected chi connectivity index (χ3v) is 2.14. The Morgan fingerprint density at radius 3 is 2.65 bits per heavy atom. The molecule has 0 saturated carbocycles. The molecule has 0 saturated heterocycles. The van der Waals surface area contributed by atoms with Crippen LogP contribution in [0.1, 0.15) is 10.4 Å². The van der Waals surface area contributed by atoms with Gasteiger partial charge in [-0.05, 0) is 18.2 Å². The monoisotopic (exact) mass is 230 g/mol. The summed E-state index contributed by atoms with van der Waals surface area (Å²) in [6.07, 6.45) is 4.54.